The minimum Gasteiger partial charge on any atom is -0.493 e. The summed E-state index contributed by atoms with van der Waals surface area (Å²) >= 11 is 12.8. The van der Waals surface area contributed by atoms with Gasteiger partial charge in [0.1, 0.15) is 5.60 Å². The molecule has 3 aromatic rings. The second kappa shape index (κ2) is 14.1. The van der Waals surface area contributed by atoms with E-state index >= 15 is 0 Å². The van der Waals surface area contributed by atoms with Crippen LogP contribution in [0.15, 0.2) is 60.7 Å². The van der Waals surface area contributed by atoms with Crippen molar-refractivity contribution in [3.63, 3.8) is 0 Å². The number of methoxy groups -OCH3 is 3. The van der Waals surface area contributed by atoms with E-state index < -0.39 is 5.60 Å². The first-order valence-corrected chi connectivity index (χ1v) is 15.3. The molecule has 5 rings (SSSR count). The standard InChI is InChI=1S/C33H39Cl2N3O5/c1-40-29-20-26(21-30(41-2)31(29)42-3)36-32(39)38-17-18-43-33(22-38,25-9-10-27(34)28(35)19-25)13-16-37-14-11-24(12-15-37)23-7-5-4-6-8-23/h4-10,19-21,24H,11-18,22H2,1-3H3,(H,36,39). The molecule has 2 heterocycles. The van der Waals surface area contributed by atoms with Crippen LogP contribution >= 0.6 is 23.2 Å². The maximum Gasteiger partial charge on any atom is 0.322 e. The SMILES string of the molecule is COc1cc(NC(=O)N2CCOC(CCN3CCC(c4ccccc4)CC3)(c3ccc(Cl)c(Cl)c3)C2)cc(OC)c1OC. The predicted molar refractivity (Wildman–Crippen MR) is 170 cm³/mol. The second-order valence-corrected chi connectivity index (χ2v) is 11.8. The van der Waals surface area contributed by atoms with E-state index in [2.05, 4.69) is 40.5 Å². The summed E-state index contributed by atoms with van der Waals surface area (Å²) in [4.78, 5) is 17.9. The minimum absolute atomic E-state index is 0.245. The fourth-order valence-corrected chi connectivity index (χ4v) is 6.41. The van der Waals surface area contributed by atoms with Gasteiger partial charge in [0.15, 0.2) is 11.5 Å². The molecule has 8 nitrogen and oxygen atoms in total. The number of carbonyl (C=O) groups is 1. The topological polar surface area (TPSA) is 72.5 Å². The van der Waals surface area contributed by atoms with Gasteiger partial charge in [-0.05, 0) is 61.5 Å². The van der Waals surface area contributed by atoms with E-state index in [1.54, 1.807) is 44.4 Å². The smallest absolute Gasteiger partial charge is 0.322 e. The summed E-state index contributed by atoms with van der Waals surface area (Å²) in [5, 5.41) is 3.95. The van der Waals surface area contributed by atoms with Gasteiger partial charge in [-0.25, -0.2) is 4.79 Å². The second-order valence-electron chi connectivity index (χ2n) is 11.0. The normalized spacial score (nSPS) is 19.6. The molecule has 2 aliphatic heterocycles. The first-order valence-electron chi connectivity index (χ1n) is 14.6. The van der Waals surface area contributed by atoms with Crippen LogP contribution in [0.4, 0.5) is 10.5 Å². The van der Waals surface area contributed by atoms with E-state index in [0.29, 0.717) is 65.0 Å². The van der Waals surface area contributed by atoms with Gasteiger partial charge in [0.2, 0.25) is 5.75 Å². The molecule has 1 unspecified atom stereocenters. The van der Waals surface area contributed by atoms with Gasteiger partial charge < -0.3 is 34.1 Å². The number of likely N-dealkylation sites (tertiary alicyclic amines) is 1. The number of halogens is 2. The lowest BCUT2D eigenvalue weighted by Gasteiger charge is -2.44. The Morgan fingerprint density at radius 3 is 2.26 bits per heavy atom. The summed E-state index contributed by atoms with van der Waals surface area (Å²) in [5.41, 5.74) is 2.12. The fraction of sp³-hybridized carbons (Fsp3) is 0.424. The number of urea groups is 1. The van der Waals surface area contributed by atoms with Crippen molar-refractivity contribution in [2.75, 3.05) is 66.0 Å². The van der Waals surface area contributed by atoms with Crippen LogP contribution in [-0.2, 0) is 10.3 Å². The van der Waals surface area contributed by atoms with Crippen LogP contribution in [-0.4, -0.2) is 76.5 Å². The molecule has 2 saturated heterocycles. The zero-order chi connectivity index (χ0) is 30.4. The summed E-state index contributed by atoms with van der Waals surface area (Å²) in [6.07, 6.45) is 2.94. The van der Waals surface area contributed by atoms with Gasteiger partial charge in [0, 0.05) is 25.2 Å². The van der Waals surface area contributed by atoms with Gasteiger partial charge >= 0.3 is 6.03 Å². The van der Waals surface area contributed by atoms with Crippen LogP contribution in [0.1, 0.15) is 36.3 Å². The van der Waals surface area contributed by atoms with E-state index in [0.717, 1.165) is 38.0 Å². The summed E-state index contributed by atoms with van der Waals surface area (Å²) in [5.74, 6) is 1.96. The Bertz CT molecular complexity index is 1380. The van der Waals surface area contributed by atoms with Gasteiger partial charge in [0.25, 0.3) is 0 Å². The Kier molecular flexibility index (Phi) is 10.2. The van der Waals surface area contributed by atoms with E-state index in [4.69, 9.17) is 42.1 Å². The zero-order valence-electron chi connectivity index (χ0n) is 24.9. The lowest BCUT2D eigenvalue weighted by atomic mass is 9.86. The average molecular weight is 629 g/mol. The Hall–Kier alpha value is -3.17. The molecule has 1 N–H and O–H groups in total. The Morgan fingerprint density at radius 1 is 0.930 bits per heavy atom. The van der Waals surface area contributed by atoms with Crippen molar-refractivity contribution in [2.45, 2.75) is 30.8 Å². The van der Waals surface area contributed by atoms with Crippen molar-refractivity contribution in [1.29, 1.82) is 0 Å². The molecule has 2 aliphatic rings. The third kappa shape index (κ3) is 7.15. The van der Waals surface area contributed by atoms with E-state index in [9.17, 15) is 4.79 Å². The molecule has 0 saturated carbocycles. The number of rotatable bonds is 9. The number of hydrogen-bond donors (Lipinski definition) is 1. The van der Waals surface area contributed by atoms with Crippen LogP contribution in [0.5, 0.6) is 17.2 Å². The summed E-state index contributed by atoms with van der Waals surface area (Å²) in [6, 6.07) is 19.6. The highest BCUT2D eigenvalue weighted by Gasteiger charge is 2.41. The Morgan fingerprint density at radius 2 is 1.63 bits per heavy atom. The van der Waals surface area contributed by atoms with Crippen molar-refractivity contribution >= 4 is 34.9 Å². The number of morpholine rings is 1. The third-order valence-corrected chi connectivity index (χ3v) is 9.26. The first kappa shape index (κ1) is 31.3. The molecule has 230 valence electrons. The Balaban J connectivity index is 1.32. The van der Waals surface area contributed by atoms with Gasteiger partial charge in [0.05, 0.1) is 50.2 Å². The largest absolute Gasteiger partial charge is 0.493 e. The highest BCUT2D eigenvalue weighted by Crippen LogP contribution is 2.41. The molecular weight excluding hydrogens is 589 g/mol. The number of piperidine rings is 1. The minimum atomic E-state index is -0.741. The van der Waals surface area contributed by atoms with E-state index in [-0.39, 0.29) is 6.03 Å². The maximum atomic E-state index is 13.6. The number of benzene rings is 3. The molecule has 0 aliphatic carbocycles. The predicted octanol–water partition coefficient (Wildman–Crippen LogP) is 7.05. The Labute approximate surface area is 263 Å². The lowest BCUT2D eigenvalue weighted by molar-refractivity contribution is -0.110. The number of amides is 2. The van der Waals surface area contributed by atoms with E-state index in [1.165, 1.54) is 5.56 Å². The van der Waals surface area contributed by atoms with Crippen molar-refractivity contribution < 1.29 is 23.7 Å². The summed E-state index contributed by atoms with van der Waals surface area (Å²) < 4.78 is 22.9. The average Bonchev–Trinajstić information content (AvgIpc) is 3.05. The quantitative estimate of drug-likeness (QED) is 0.274. The number of nitrogens with one attached hydrogen (secondary N) is 1. The summed E-state index contributed by atoms with van der Waals surface area (Å²) in [6.45, 7) is 4.07. The van der Waals surface area contributed by atoms with Crippen LogP contribution in [0.25, 0.3) is 0 Å². The highest BCUT2D eigenvalue weighted by atomic mass is 35.5. The monoisotopic (exact) mass is 627 g/mol. The molecule has 0 bridgehead atoms. The molecule has 2 fully saturated rings. The fourth-order valence-electron chi connectivity index (χ4n) is 6.12. The number of carbonyl (C=O) groups excluding carboxylic acids is 1. The van der Waals surface area contributed by atoms with E-state index in [1.807, 2.05) is 12.1 Å². The third-order valence-electron chi connectivity index (χ3n) is 8.53. The highest BCUT2D eigenvalue weighted by molar-refractivity contribution is 6.42. The number of anilines is 1. The molecule has 0 aromatic heterocycles. The summed E-state index contributed by atoms with van der Waals surface area (Å²) in [7, 11) is 4.63. The molecule has 3 aromatic carbocycles. The van der Waals surface area contributed by atoms with Crippen molar-refractivity contribution in [3.8, 4) is 17.2 Å². The number of ether oxygens (including phenoxy) is 4. The zero-order valence-corrected chi connectivity index (χ0v) is 26.4. The molecule has 0 spiro atoms. The molecule has 43 heavy (non-hydrogen) atoms. The van der Waals surface area contributed by atoms with Crippen LogP contribution in [0.2, 0.25) is 10.0 Å². The lowest BCUT2D eigenvalue weighted by Crippen LogP contribution is -2.54. The molecule has 0 radical (unpaired) electrons. The maximum absolute atomic E-state index is 13.6. The number of nitrogens with zero attached hydrogens (tertiary/aromatic N) is 2. The van der Waals surface area contributed by atoms with Gasteiger partial charge in [-0.3, -0.25) is 0 Å². The van der Waals surface area contributed by atoms with Crippen molar-refractivity contribution in [1.82, 2.24) is 9.80 Å². The first-order chi connectivity index (χ1) is 20.9. The van der Waals surface area contributed by atoms with Crippen LogP contribution < -0.4 is 19.5 Å². The molecule has 1 atom stereocenters. The molecule has 2 amide bonds. The van der Waals surface area contributed by atoms with Crippen molar-refractivity contribution in [3.05, 3.63) is 81.8 Å². The molecular formula is C33H39Cl2N3O5. The van der Waals surface area contributed by atoms with Crippen molar-refractivity contribution in [2.24, 2.45) is 0 Å². The van der Waals surface area contributed by atoms with Crippen LogP contribution in [0.3, 0.4) is 0 Å². The molecule has 10 heteroatoms. The number of hydrogen-bond acceptors (Lipinski definition) is 6. The van der Waals surface area contributed by atoms with Crippen LogP contribution in [0, 0.1) is 0 Å². The van der Waals surface area contributed by atoms with Gasteiger partial charge in [-0.15, -0.1) is 0 Å². The van der Waals surface area contributed by atoms with Gasteiger partial charge in [-0.1, -0.05) is 59.6 Å². The van der Waals surface area contributed by atoms with Gasteiger partial charge in [-0.2, -0.15) is 0 Å².